The number of methoxy groups -OCH3 is 1. The highest BCUT2D eigenvalue weighted by molar-refractivity contribution is 5.77. The maximum atomic E-state index is 12.4. The van der Waals surface area contributed by atoms with Gasteiger partial charge in [-0.3, -0.25) is 9.98 Å². The molecule has 0 aliphatic heterocycles. The number of rotatable bonds is 5. The van der Waals surface area contributed by atoms with E-state index in [9.17, 15) is 13.2 Å². The average molecular weight is 272 g/mol. The predicted octanol–water partition coefficient (Wildman–Crippen LogP) is 2.94. The molecular weight excluding hydrogens is 257 g/mol. The highest BCUT2D eigenvalue weighted by atomic mass is 19.4. The zero-order chi connectivity index (χ0) is 13.9. The highest BCUT2D eigenvalue weighted by Gasteiger charge is 2.31. The van der Waals surface area contributed by atoms with E-state index < -0.39 is 11.7 Å². The van der Waals surface area contributed by atoms with Crippen LogP contribution in [-0.4, -0.2) is 31.0 Å². The van der Waals surface area contributed by atoms with E-state index in [0.29, 0.717) is 18.2 Å². The number of hydrogen-bond donors (Lipinski definition) is 0. The molecule has 6 heteroatoms. The van der Waals surface area contributed by atoms with Crippen molar-refractivity contribution in [2.24, 2.45) is 10.9 Å². The van der Waals surface area contributed by atoms with Crippen LogP contribution in [0.4, 0.5) is 13.2 Å². The fourth-order valence-electron chi connectivity index (χ4n) is 1.77. The Kier molecular flexibility index (Phi) is 4.19. The van der Waals surface area contributed by atoms with Gasteiger partial charge in [0.25, 0.3) is 0 Å². The maximum Gasteiger partial charge on any atom is 0.417 e. The van der Waals surface area contributed by atoms with Crippen molar-refractivity contribution in [3.63, 3.8) is 0 Å². The Hall–Kier alpha value is -1.43. The van der Waals surface area contributed by atoms with Crippen molar-refractivity contribution in [2.45, 2.75) is 25.1 Å². The number of aliphatic imine (C=N–C) groups is 1. The normalized spacial score (nSPS) is 17.9. The Morgan fingerprint density at radius 2 is 2.21 bits per heavy atom. The van der Waals surface area contributed by atoms with Crippen LogP contribution in [0.25, 0.3) is 0 Å². The third-order valence-corrected chi connectivity index (χ3v) is 3.02. The number of hydrogen-bond acceptors (Lipinski definition) is 3. The summed E-state index contributed by atoms with van der Waals surface area (Å²) in [4.78, 5) is 8.09. The molecule has 0 amide bonds. The molecule has 0 aromatic carbocycles. The number of ether oxygens (including phenoxy) is 1. The summed E-state index contributed by atoms with van der Waals surface area (Å²) in [6.45, 7) is 0.530. The van der Waals surface area contributed by atoms with E-state index in [1.54, 1.807) is 7.11 Å². The highest BCUT2D eigenvalue weighted by Crippen LogP contribution is 2.34. The summed E-state index contributed by atoms with van der Waals surface area (Å²) in [6.07, 6.45) is 0.249. The average Bonchev–Trinajstić information content (AvgIpc) is 3.18. The molecule has 1 aromatic heterocycles. The second-order valence-electron chi connectivity index (χ2n) is 4.61. The molecule has 0 bridgehead atoms. The van der Waals surface area contributed by atoms with Crippen molar-refractivity contribution in [3.8, 4) is 0 Å². The lowest BCUT2D eigenvalue weighted by Crippen LogP contribution is -2.15. The first-order chi connectivity index (χ1) is 9.00. The van der Waals surface area contributed by atoms with Crippen LogP contribution in [0.2, 0.25) is 0 Å². The van der Waals surface area contributed by atoms with E-state index in [2.05, 4.69) is 9.98 Å². The number of nitrogens with zero attached hydrogens (tertiary/aromatic N) is 2. The smallest absolute Gasteiger partial charge is 0.382 e. The van der Waals surface area contributed by atoms with Gasteiger partial charge in [-0.05, 0) is 30.9 Å². The zero-order valence-electron chi connectivity index (χ0n) is 10.5. The lowest BCUT2D eigenvalue weighted by Gasteiger charge is -2.09. The third kappa shape index (κ3) is 4.02. The Morgan fingerprint density at radius 1 is 1.47 bits per heavy atom. The van der Waals surface area contributed by atoms with Gasteiger partial charge in [-0.15, -0.1) is 0 Å². The molecule has 1 aliphatic rings. The molecule has 0 radical (unpaired) electrons. The first-order valence-corrected chi connectivity index (χ1v) is 6.06. The van der Waals surface area contributed by atoms with Crippen molar-refractivity contribution >= 4 is 6.21 Å². The molecule has 0 spiro atoms. The molecule has 1 heterocycles. The molecule has 1 atom stereocenters. The fourth-order valence-corrected chi connectivity index (χ4v) is 1.77. The molecule has 0 unspecified atom stereocenters. The largest absolute Gasteiger partial charge is 0.417 e. The first-order valence-electron chi connectivity index (χ1n) is 6.06. The van der Waals surface area contributed by atoms with Crippen LogP contribution >= 0.6 is 0 Å². The monoisotopic (exact) mass is 272 g/mol. The number of pyridine rings is 1. The summed E-state index contributed by atoms with van der Waals surface area (Å²) in [5, 5.41) is 0. The van der Waals surface area contributed by atoms with Gasteiger partial charge >= 0.3 is 6.18 Å². The molecule has 1 saturated carbocycles. The Balaban J connectivity index is 2.02. The molecule has 0 saturated heterocycles. The predicted molar refractivity (Wildman–Crippen MR) is 65.2 cm³/mol. The maximum absolute atomic E-state index is 12.4. The van der Waals surface area contributed by atoms with Gasteiger partial charge in [-0.2, -0.15) is 13.2 Å². The summed E-state index contributed by atoms with van der Waals surface area (Å²) in [6, 6.07) is 2.41. The lowest BCUT2D eigenvalue weighted by molar-refractivity contribution is -0.137. The molecule has 3 nitrogen and oxygen atoms in total. The SMILES string of the molecule is COC[C@@H](/N=C/c1ccc(C(F)(F)F)cn1)C1CC1. The molecule has 104 valence electrons. The van der Waals surface area contributed by atoms with Gasteiger partial charge in [0.2, 0.25) is 0 Å². The lowest BCUT2D eigenvalue weighted by atomic mass is 10.2. The number of aromatic nitrogens is 1. The summed E-state index contributed by atoms with van der Waals surface area (Å²) in [5.74, 6) is 0.533. The van der Waals surface area contributed by atoms with Crippen molar-refractivity contribution in [1.29, 1.82) is 0 Å². The summed E-state index contributed by atoms with van der Waals surface area (Å²) in [7, 11) is 1.61. The van der Waals surface area contributed by atoms with Gasteiger partial charge < -0.3 is 4.74 Å². The van der Waals surface area contributed by atoms with Crippen molar-refractivity contribution in [2.75, 3.05) is 13.7 Å². The van der Waals surface area contributed by atoms with Crippen molar-refractivity contribution < 1.29 is 17.9 Å². The molecule has 1 aliphatic carbocycles. The third-order valence-electron chi connectivity index (χ3n) is 3.02. The second kappa shape index (κ2) is 5.69. The molecule has 1 aromatic rings. The van der Waals surface area contributed by atoms with Crippen LogP contribution in [0.5, 0.6) is 0 Å². The molecule has 2 rings (SSSR count). The minimum atomic E-state index is -4.35. The van der Waals surface area contributed by atoms with Crippen molar-refractivity contribution in [3.05, 3.63) is 29.6 Å². The molecular formula is C13H15F3N2O. The van der Waals surface area contributed by atoms with E-state index in [-0.39, 0.29) is 6.04 Å². The van der Waals surface area contributed by atoms with Crippen LogP contribution in [0.1, 0.15) is 24.1 Å². The van der Waals surface area contributed by atoms with Gasteiger partial charge in [0.15, 0.2) is 0 Å². The van der Waals surface area contributed by atoms with Gasteiger partial charge in [-0.1, -0.05) is 0 Å². The molecule has 1 fully saturated rings. The van der Waals surface area contributed by atoms with Gasteiger partial charge in [0, 0.05) is 19.5 Å². The van der Waals surface area contributed by atoms with E-state index >= 15 is 0 Å². The molecule has 0 N–H and O–H groups in total. The minimum Gasteiger partial charge on any atom is -0.382 e. The number of alkyl halides is 3. The standard InChI is InChI=1S/C13H15F3N2O/c1-19-8-12(9-2-3-9)18-7-11-5-4-10(6-17-11)13(14,15)16/h4-7,9,12H,2-3,8H2,1H3/b18-7+/t12-/m1/s1. The van der Waals surface area contributed by atoms with E-state index in [4.69, 9.17) is 4.74 Å². The van der Waals surface area contributed by atoms with E-state index in [1.807, 2.05) is 0 Å². The van der Waals surface area contributed by atoms with Gasteiger partial charge in [-0.25, -0.2) is 0 Å². The Bertz CT molecular complexity index is 438. The van der Waals surface area contributed by atoms with Crippen LogP contribution in [0, 0.1) is 5.92 Å². The van der Waals surface area contributed by atoms with Crippen LogP contribution < -0.4 is 0 Å². The zero-order valence-corrected chi connectivity index (χ0v) is 10.5. The molecule has 19 heavy (non-hydrogen) atoms. The van der Waals surface area contributed by atoms with Gasteiger partial charge in [0.05, 0.1) is 23.9 Å². The fraction of sp³-hybridized carbons (Fsp3) is 0.538. The van der Waals surface area contributed by atoms with E-state index in [0.717, 1.165) is 25.1 Å². The first kappa shape index (κ1) is 14.0. The minimum absolute atomic E-state index is 0.0779. The summed E-state index contributed by atoms with van der Waals surface area (Å²) < 4.78 is 42.1. The van der Waals surface area contributed by atoms with Crippen molar-refractivity contribution in [1.82, 2.24) is 4.98 Å². The summed E-state index contributed by atoms with van der Waals surface area (Å²) in [5.41, 5.74) is -0.324. The van der Waals surface area contributed by atoms with Crippen LogP contribution in [0.3, 0.4) is 0 Å². The van der Waals surface area contributed by atoms with Crippen LogP contribution in [-0.2, 0) is 10.9 Å². The van der Waals surface area contributed by atoms with Gasteiger partial charge in [0.1, 0.15) is 0 Å². The van der Waals surface area contributed by atoms with Crippen LogP contribution in [0.15, 0.2) is 23.3 Å². The Morgan fingerprint density at radius 3 is 2.68 bits per heavy atom. The van der Waals surface area contributed by atoms with E-state index in [1.165, 1.54) is 12.3 Å². The second-order valence-corrected chi connectivity index (χ2v) is 4.61. The number of halogens is 3. The summed E-state index contributed by atoms with van der Waals surface area (Å²) >= 11 is 0. The topological polar surface area (TPSA) is 34.5 Å². The quantitative estimate of drug-likeness (QED) is 0.772. The Labute approximate surface area is 109 Å².